The van der Waals surface area contributed by atoms with Gasteiger partial charge in [0.05, 0.1) is 5.02 Å². The molecular weight excluding hydrogens is 253 g/mol. The molecule has 0 aromatic heterocycles. The Balaban J connectivity index is 2.39. The minimum atomic E-state index is 0.269. The van der Waals surface area contributed by atoms with Gasteiger partial charge < -0.3 is 10.4 Å². The fourth-order valence-corrected chi connectivity index (χ4v) is 1.90. The van der Waals surface area contributed by atoms with Crippen molar-refractivity contribution in [2.24, 2.45) is 0 Å². The molecule has 0 bridgehead atoms. The van der Waals surface area contributed by atoms with Crippen LogP contribution in [0.3, 0.4) is 0 Å². The fourth-order valence-electron chi connectivity index (χ4n) is 1.38. The zero-order valence-corrected chi connectivity index (χ0v) is 9.19. The van der Waals surface area contributed by atoms with Crippen molar-refractivity contribution in [3.63, 3.8) is 0 Å². The summed E-state index contributed by atoms with van der Waals surface area (Å²) in [5.74, 6) is 0.269. The van der Waals surface area contributed by atoms with Gasteiger partial charge in [0.15, 0.2) is 0 Å². The van der Waals surface area contributed by atoms with E-state index in [9.17, 15) is 5.11 Å². The van der Waals surface area contributed by atoms with Gasteiger partial charge in [0.1, 0.15) is 5.75 Å². The zero-order chi connectivity index (χ0) is 9.42. The zero-order valence-electron chi connectivity index (χ0n) is 6.85. The van der Waals surface area contributed by atoms with Gasteiger partial charge in [-0.05, 0) is 41.0 Å². The lowest BCUT2D eigenvalue weighted by molar-refractivity contribution is 0.364. The number of hydrogen-bond donors (Lipinski definition) is 2. The van der Waals surface area contributed by atoms with Crippen LogP contribution in [0.25, 0.3) is 0 Å². The van der Waals surface area contributed by atoms with Crippen LogP contribution < -0.4 is 5.32 Å². The normalized spacial score (nSPS) is 21.2. The first-order valence-electron chi connectivity index (χ1n) is 4.10. The standard InChI is InChI=1S/C9H9BrClNO/c10-6-3-5(8-1-2-12-8)9(13)4-7(6)11/h3-4,8,12-13H,1-2H2/t8-/m0/s1. The molecule has 2 nitrogen and oxygen atoms in total. The molecule has 1 atom stereocenters. The third-order valence-corrected chi connectivity index (χ3v) is 3.47. The topological polar surface area (TPSA) is 32.3 Å². The third kappa shape index (κ3) is 1.68. The average Bonchev–Trinajstić information content (AvgIpc) is 1.96. The first-order valence-corrected chi connectivity index (χ1v) is 5.27. The number of hydrogen-bond acceptors (Lipinski definition) is 2. The maximum absolute atomic E-state index is 9.61. The molecule has 1 aromatic rings. The van der Waals surface area contributed by atoms with E-state index >= 15 is 0 Å². The van der Waals surface area contributed by atoms with Gasteiger partial charge in [-0.1, -0.05) is 11.6 Å². The molecule has 13 heavy (non-hydrogen) atoms. The smallest absolute Gasteiger partial charge is 0.121 e. The third-order valence-electron chi connectivity index (χ3n) is 2.27. The van der Waals surface area contributed by atoms with Crippen LogP contribution in [0, 0.1) is 0 Å². The molecule has 0 aliphatic carbocycles. The van der Waals surface area contributed by atoms with E-state index in [0.29, 0.717) is 5.02 Å². The lowest BCUT2D eigenvalue weighted by Crippen LogP contribution is -2.34. The molecule has 1 fully saturated rings. The highest BCUT2D eigenvalue weighted by atomic mass is 79.9. The van der Waals surface area contributed by atoms with E-state index in [4.69, 9.17) is 11.6 Å². The maximum Gasteiger partial charge on any atom is 0.121 e. The molecule has 70 valence electrons. The molecule has 0 spiro atoms. The molecule has 0 unspecified atom stereocenters. The summed E-state index contributed by atoms with van der Waals surface area (Å²) in [4.78, 5) is 0. The highest BCUT2D eigenvalue weighted by Crippen LogP contribution is 2.36. The van der Waals surface area contributed by atoms with Gasteiger partial charge in [0, 0.05) is 16.1 Å². The SMILES string of the molecule is Oc1cc(Cl)c(Br)cc1[C@@H]1CCN1. The molecule has 2 rings (SSSR count). The lowest BCUT2D eigenvalue weighted by Gasteiger charge is -2.28. The summed E-state index contributed by atoms with van der Waals surface area (Å²) < 4.78 is 0.829. The molecule has 1 aliphatic rings. The summed E-state index contributed by atoms with van der Waals surface area (Å²) in [5, 5.41) is 13.4. The fraction of sp³-hybridized carbons (Fsp3) is 0.333. The maximum atomic E-state index is 9.61. The second-order valence-corrected chi connectivity index (χ2v) is 4.38. The largest absolute Gasteiger partial charge is 0.508 e. The first-order chi connectivity index (χ1) is 6.18. The van der Waals surface area contributed by atoms with Crippen molar-refractivity contribution < 1.29 is 5.11 Å². The van der Waals surface area contributed by atoms with Crippen LogP contribution in [0.2, 0.25) is 5.02 Å². The highest BCUT2D eigenvalue weighted by molar-refractivity contribution is 9.10. The summed E-state index contributed by atoms with van der Waals surface area (Å²) in [6, 6.07) is 3.73. The Kier molecular flexibility index (Phi) is 2.49. The van der Waals surface area contributed by atoms with E-state index in [2.05, 4.69) is 21.2 Å². The van der Waals surface area contributed by atoms with Gasteiger partial charge in [0.2, 0.25) is 0 Å². The van der Waals surface area contributed by atoms with Gasteiger partial charge >= 0.3 is 0 Å². The Morgan fingerprint density at radius 3 is 2.77 bits per heavy atom. The number of halogens is 2. The monoisotopic (exact) mass is 261 g/mol. The van der Waals surface area contributed by atoms with Gasteiger partial charge in [-0.2, -0.15) is 0 Å². The molecule has 2 N–H and O–H groups in total. The predicted octanol–water partition coefficient (Wildman–Crippen LogP) is 2.84. The van der Waals surface area contributed by atoms with Gasteiger partial charge in [0.25, 0.3) is 0 Å². The molecule has 1 aliphatic heterocycles. The summed E-state index contributed by atoms with van der Waals surface area (Å²) in [7, 11) is 0. The van der Waals surface area contributed by atoms with Crippen LogP contribution in [0.4, 0.5) is 0 Å². The van der Waals surface area contributed by atoms with Crippen molar-refractivity contribution in [1.29, 1.82) is 0 Å². The minimum Gasteiger partial charge on any atom is -0.508 e. The molecule has 4 heteroatoms. The average molecular weight is 263 g/mol. The van der Waals surface area contributed by atoms with Crippen LogP contribution in [0.5, 0.6) is 5.75 Å². The van der Waals surface area contributed by atoms with Crippen molar-refractivity contribution in [1.82, 2.24) is 5.32 Å². The van der Waals surface area contributed by atoms with Crippen LogP contribution >= 0.6 is 27.5 Å². The van der Waals surface area contributed by atoms with Crippen molar-refractivity contribution in [2.45, 2.75) is 12.5 Å². The Morgan fingerprint density at radius 2 is 2.23 bits per heavy atom. The van der Waals surface area contributed by atoms with E-state index in [-0.39, 0.29) is 11.8 Å². The van der Waals surface area contributed by atoms with Gasteiger partial charge in [-0.25, -0.2) is 0 Å². The number of rotatable bonds is 1. The number of nitrogens with one attached hydrogen (secondary N) is 1. The van der Waals surface area contributed by atoms with Crippen LogP contribution in [-0.4, -0.2) is 11.7 Å². The highest BCUT2D eigenvalue weighted by Gasteiger charge is 2.22. The van der Waals surface area contributed by atoms with E-state index < -0.39 is 0 Å². The van der Waals surface area contributed by atoms with Gasteiger partial charge in [-0.15, -0.1) is 0 Å². The Morgan fingerprint density at radius 1 is 1.54 bits per heavy atom. The van der Waals surface area contributed by atoms with Gasteiger partial charge in [-0.3, -0.25) is 0 Å². The molecular formula is C9H9BrClNO. The molecule has 0 amide bonds. The molecule has 0 saturated carbocycles. The molecule has 1 heterocycles. The molecule has 1 aromatic carbocycles. The summed E-state index contributed by atoms with van der Waals surface area (Å²) in [6.45, 7) is 1.02. The Labute approximate surface area is 90.0 Å². The van der Waals surface area contributed by atoms with Crippen LogP contribution in [0.15, 0.2) is 16.6 Å². The summed E-state index contributed by atoms with van der Waals surface area (Å²) in [6.07, 6.45) is 1.07. The van der Waals surface area contributed by atoms with Crippen molar-refractivity contribution in [3.05, 3.63) is 27.2 Å². The quantitative estimate of drug-likeness (QED) is 0.816. The lowest BCUT2D eigenvalue weighted by atomic mass is 9.97. The van der Waals surface area contributed by atoms with E-state index in [1.165, 1.54) is 0 Å². The van der Waals surface area contributed by atoms with Crippen molar-refractivity contribution in [3.8, 4) is 5.75 Å². The van der Waals surface area contributed by atoms with Crippen LogP contribution in [0.1, 0.15) is 18.0 Å². The molecule has 0 radical (unpaired) electrons. The summed E-state index contributed by atoms with van der Waals surface area (Å²) >= 11 is 9.16. The molecule has 1 saturated heterocycles. The van der Waals surface area contributed by atoms with E-state index in [1.807, 2.05) is 6.07 Å². The van der Waals surface area contributed by atoms with Crippen LogP contribution in [-0.2, 0) is 0 Å². The second-order valence-electron chi connectivity index (χ2n) is 3.12. The minimum absolute atomic E-state index is 0.269. The Hall–Kier alpha value is -0.250. The van der Waals surface area contributed by atoms with E-state index in [0.717, 1.165) is 23.0 Å². The number of benzene rings is 1. The second kappa shape index (κ2) is 3.48. The van der Waals surface area contributed by atoms with Crippen molar-refractivity contribution >= 4 is 27.5 Å². The predicted molar refractivity (Wildman–Crippen MR) is 56.2 cm³/mol. The number of aromatic hydroxyl groups is 1. The summed E-state index contributed by atoms with van der Waals surface area (Å²) in [5.41, 5.74) is 0.919. The number of phenols is 1. The number of phenolic OH excluding ortho intramolecular Hbond substituents is 1. The Bertz CT molecular complexity index is 339. The first kappa shape index (κ1) is 9.31. The van der Waals surface area contributed by atoms with Crippen molar-refractivity contribution in [2.75, 3.05) is 6.54 Å². The van der Waals surface area contributed by atoms with E-state index in [1.54, 1.807) is 6.07 Å².